The van der Waals surface area contributed by atoms with Gasteiger partial charge in [-0.3, -0.25) is 9.13 Å². The Kier molecular flexibility index (Phi) is 8.15. The minimum Gasteiger partial charge on any atom is -0.276 e. The maximum absolute atomic E-state index is 5.24. The first-order valence-electron chi connectivity index (χ1n) is 18.8. The van der Waals surface area contributed by atoms with Crippen LogP contribution in [0.25, 0.3) is 89.9 Å². The Bertz CT molecular complexity index is 2870. The van der Waals surface area contributed by atoms with Gasteiger partial charge in [0.05, 0.1) is 11.4 Å². The van der Waals surface area contributed by atoms with Gasteiger partial charge in [0.25, 0.3) is 0 Å². The van der Waals surface area contributed by atoms with E-state index in [4.69, 9.17) is 19.9 Å². The zero-order valence-corrected chi connectivity index (χ0v) is 31.0. The van der Waals surface area contributed by atoms with Crippen LogP contribution in [-0.2, 0) is 0 Å². The lowest BCUT2D eigenvalue weighted by atomic mass is 9.86. The first-order chi connectivity index (χ1) is 27.7. The predicted octanol–water partition coefficient (Wildman–Crippen LogP) is 12.1. The summed E-state index contributed by atoms with van der Waals surface area (Å²) in [4.78, 5) is 20.1. The fourth-order valence-electron chi connectivity index (χ4n) is 8.00. The van der Waals surface area contributed by atoms with Gasteiger partial charge in [-0.15, -0.1) is 0 Å². The van der Waals surface area contributed by atoms with Crippen molar-refractivity contribution in [1.29, 1.82) is 0 Å². The number of pyridine rings is 2. The van der Waals surface area contributed by atoms with Gasteiger partial charge in [0.15, 0.2) is 11.3 Å². The van der Waals surface area contributed by atoms with Gasteiger partial charge < -0.3 is 0 Å². The van der Waals surface area contributed by atoms with Gasteiger partial charge >= 0.3 is 0 Å². The SMILES string of the molecule is Cc1ccccc1-n1c(-c2ccccc2-c2ccccc2-c2ccccc2-c2ccccc2-c2nc3cccnc3n2-c2ccccc2C)nc2cccnc21. The molecule has 10 rings (SSSR count). The molecule has 266 valence electrons. The highest BCUT2D eigenvalue weighted by Gasteiger charge is 2.23. The Hall–Kier alpha value is -7.44. The Labute approximate surface area is 325 Å². The summed E-state index contributed by atoms with van der Waals surface area (Å²) < 4.78 is 4.40. The van der Waals surface area contributed by atoms with Crippen molar-refractivity contribution in [3.63, 3.8) is 0 Å². The third-order valence-corrected chi connectivity index (χ3v) is 10.6. The van der Waals surface area contributed by atoms with Gasteiger partial charge in [-0.2, -0.15) is 0 Å². The summed E-state index contributed by atoms with van der Waals surface area (Å²) in [6, 6.07) is 59.4. The highest BCUT2D eigenvalue weighted by atomic mass is 15.1. The van der Waals surface area contributed by atoms with Crippen molar-refractivity contribution < 1.29 is 0 Å². The molecule has 0 unspecified atom stereocenters. The van der Waals surface area contributed by atoms with Crippen LogP contribution < -0.4 is 0 Å². The second kappa shape index (κ2) is 13.8. The molecular weight excluding hydrogens is 685 g/mol. The van der Waals surface area contributed by atoms with Crippen LogP contribution in [0.3, 0.4) is 0 Å². The van der Waals surface area contributed by atoms with Crippen LogP contribution in [0.2, 0.25) is 0 Å². The van der Waals surface area contributed by atoms with E-state index in [2.05, 4.69) is 169 Å². The van der Waals surface area contributed by atoms with Crippen molar-refractivity contribution >= 4 is 22.3 Å². The van der Waals surface area contributed by atoms with Gasteiger partial charge in [-0.1, -0.05) is 133 Å². The van der Waals surface area contributed by atoms with Crippen LogP contribution >= 0.6 is 0 Å². The maximum atomic E-state index is 5.24. The molecule has 0 saturated heterocycles. The molecule has 0 N–H and O–H groups in total. The normalized spacial score (nSPS) is 11.4. The number of rotatable bonds is 7. The van der Waals surface area contributed by atoms with E-state index in [0.29, 0.717) is 0 Å². The molecule has 10 aromatic rings. The maximum Gasteiger partial charge on any atom is 0.164 e. The topological polar surface area (TPSA) is 61.4 Å². The molecule has 0 aliphatic heterocycles. The molecule has 0 radical (unpaired) electrons. The van der Waals surface area contributed by atoms with E-state index in [-0.39, 0.29) is 0 Å². The molecule has 0 saturated carbocycles. The predicted molar refractivity (Wildman–Crippen MR) is 228 cm³/mol. The third-order valence-electron chi connectivity index (χ3n) is 10.6. The van der Waals surface area contributed by atoms with E-state index < -0.39 is 0 Å². The Morgan fingerprint density at radius 3 is 0.982 bits per heavy atom. The van der Waals surface area contributed by atoms with Crippen molar-refractivity contribution in [2.75, 3.05) is 0 Å². The van der Waals surface area contributed by atoms with Crippen molar-refractivity contribution in [2.45, 2.75) is 13.8 Å². The monoisotopic (exact) mass is 720 g/mol. The fraction of sp³-hybridized carbons (Fsp3) is 0.0400. The molecule has 0 aliphatic rings. The van der Waals surface area contributed by atoms with Crippen molar-refractivity contribution in [3.8, 4) is 67.5 Å². The quantitative estimate of drug-likeness (QED) is 0.164. The van der Waals surface area contributed by atoms with Gasteiger partial charge in [0.2, 0.25) is 0 Å². The molecule has 0 bridgehead atoms. The lowest BCUT2D eigenvalue weighted by Gasteiger charge is -2.19. The molecule has 6 heteroatoms. The second-order valence-electron chi connectivity index (χ2n) is 14.0. The largest absolute Gasteiger partial charge is 0.276 e. The third kappa shape index (κ3) is 5.50. The number of fused-ring (bicyclic) bond motifs is 2. The Morgan fingerprint density at radius 1 is 0.321 bits per heavy atom. The molecule has 0 atom stereocenters. The summed E-state index contributed by atoms with van der Waals surface area (Å²) in [5.41, 5.74) is 16.5. The van der Waals surface area contributed by atoms with Crippen LogP contribution in [0.5, 0.6) is 0 Å². The summed E-state index contributed by atoms with van der Waals surface area (Å²) in [5, 5.41) is 0. The molecule has 6 nitrogen and oxygen atoms in total. The van der Waals surface area contributed by atoms with Crippen LogP contribution in [0.15, 0.2) is 182 Å². The van der Waals surface area contributed by atoms with E-state index in [1.165, 1.54) is 0 Å². The molecule has 0 aliphatic carbocycles. The smallest absolute Gasteiger partial charge is 0.164 e. The summed E-state index contributed by atoms with van der Waals surface area (Å²) in [6.07, 6.45) is 3.68. The number of hydrogen-bond acceptors (Lipinski definition) is 4. The van der Waals surface area contributed by atoms with Gasteiger partial charge in [-0.25, -0.2) is 19.9 Å². The molecule has 0 fully saturated rings. The van der Waals surface area contributed by atoms with Crippen molar-refractivity contribution in [3.05, 3.63) is 193 Å². The van der Waals surface area contributed by atoms with Gasteiger partial charge in [-0.05, 0) is 94.8 Å². The average Bonchev–Trinajstić information content (AvgIpc) is 3.83. The lowest BCUT2D eigenvalue weighted by molar-refractivity contribution is 1.06. The first kappa shape index (κ1) is 33.2. The van der Waals surface area contributed by atoms with Crippen LogP contribution in [-0.4, -0.2) is 29.1 Å². The van der Waals surface area contributed by atoms with Crippen molar-refractivity contribution in [2.24, 2.45) is 0 Å². The highest BCUT2D eigenvalue weighted by molar-refractivity contribution is 5.98. The Balaban J connectivity index is 1.18. The standard InChI is InChI=1S/C50H36N6/c1-33-17-3-13-29-45(33)55-47(53-43-27-15-31-51-49(43)55)41-25-11-9-23-39(41)37-21-7-5-19-35(37)36-20-6-8-22-38(36)40-24-10-12-26-42(40)48-54-44-28-16-32-52-50(44)56(48)46-30-14-4-18-34(46)2/h3-32H,1-2H3. The molecule has 0 amide bonds. The summed E-state index contributed by atoms with van der Waals surface area (Å²) in [7, 11) is 0. The molecular formula is C50H36N6. The van der Waals surface area contributed by atoms with Crippen LogP contribution in [0.1, 0.15) is 11.1 Å². The molecule has 4 heterocycles. The highest BCUT2D eigenvalue weighted by Crippen LogP contribution is 2.44. The van der Waals surface area contributed by atoms with E-state index in [1.54, 1.807) is 0 Å². The number of aromatic nitrogens is 6. The van der Waals surface area contributed by atoms with Crippen molar-refractivity contribution in [1.82, 2.24) is 29.1 Å². The van der Waals surface area contributed by atoms with Crippen LogP contribution in [0.4, 0.5) is 0 Å². The first-order valence-corrected chi connectivity index (χ1v) is 18.8. The minimum atomic E-state index is 0.828. The van der Waals surface area contributed by atoms with E-state index >= 15 is 0 Å². The minimum absolute atomic E-state index is 0.828. The second-order valence-corrected chi connectivity index (χ2v) is 14.0. The summed E-state index contributed by atoms with van der Waals surface area (Å²) in [6.45, 7) is 4.27. The van der Waals surface area contributed by atoms with E-state index in [0.717, 1.165) is 101 Å². The number of aryl methyl sites for hydroxylation is 2. The molecule has 56 heavy (non-hydrogen) atoms. The summed E-state index contributed by atoms with van der Waals surface area (Å²) >= 11 is 0. The zero-order chi connectivity index (χ0) is 37.6. The average molecular weight is 721 g/mol. The number of para-hydroxylation sites is 2. The van der Waals surface area contributed by atoms with Gasteiger partial charge in [0, 0.05) is 23.5 Å². The number of nitrogens with zero attached hydrogens (tertiary/aromatic N) is 6. The lowest BCUT2D eigenvalue weighted by Crippen LogP contribution is -2.02. The van der Waals surface area contributed by atoms with E-state index in [9.17, 15) is 0 Å². The van der Waals surface area contributed by atoms with Crippen LogP contribution in [0, 0.1) is 13.8 Å². The van der Waals surface area contributed by atoms with Gasteiger partial charge in [0.1, 0.15) is 22.7 Å². The molecule has 0 spiro atoms. The molecule has 6 aromatic carbocycles. The Morgan fingerprint density at radius 2 is 0.625 bits per heavy atom. The summed E-state index contributed by atoms with van der Waals surface area (Å²) in [5.74, 6) is 1.70. The van der Waals surface area contributed by atoms with E-state index in [1.807, 2.05) is 36.7 Å². The number of hydrogen-bond donors (Lipinski definition) is 0. The fourth-order valence-corrected chi connectivity index (χ4v) is 8.00. The number of benzene rings is 6. The number of imidazole rings is 2. The zero-order valence-electron chi connectivity index (χ0n) is 31.0. The molecule has 4 aromatic heterocycles.